The Morgan fingerprint density at radius 1 is 0.702 bits per heavy atom. The monoisotopic (exact) mass is 815 g/mol. The van der Waals surface area contributed by atoms with Gasteiger partial charge in [-0.15, -0.1) is 0 Å². The van der Waals surface area contributed by atoms with Crippen molar-refractivity contribution in [2.75, 3.05) is 19.7 Å². The second-order valence-corrected chi connectivity index (χ2v) is 14.2. The van der Waals surface area contributed by atoms with E-state index in [1.54, 1.807) is 13.8 Å². The minimum atomic E-state index is -1.62. The summed E-state index contributed by atoms with van der Waals surface area (Å²) in [5.74, 6) is -9.66. The fourth-order valence-corrected chi connectivity index (χ4v) is 5.44. The molecule has 1 rings (SSSR count). The molecule has 57 heavy (non-hydrogen) atoms. The molecule has 1 aliphatic rings. The molecule has 0 aliphatic carbocycles. The SMILES string of the molecule is CC(C)C[C@H](NC(=O)[C@H](CCC(=O)O)NC(=O)[C@@H]1CCCN1C(=O)CNC(=O)[C@H](C)NC(=O)[C@H](CO)NC(=O)[C@@H](NC(=O)[C@H](C)N)[C@@H](C)O)C(=O)N[C@@H](C)C(=O)O. The van der Waals surface area contributed by atoms with Crippen molar-refractivity contribution in [3.8, 4) is 0 Å². The van der Waals surface area contributed by atoms with Crippen LogP contribution in [-0.2, 0) is 47.9 Å². The molecule has 0 saturated carbocycles. The van der Waals surface area contributed by atoms with Gasteiger partial charge in [0.2, 0.25) is 47.3 Å². The molecule has 1 aliphatic heterocycles. The van der Waals surface area contributed by atoms with E-state index >= 15 is 0 Å². The van der Waals surface area contributed by atoms with Gasteiger partial charge >= 0.3 is 11.9 Å². The van der Waals surface area contributed by atoms with E-state index in [4.69, 9.17) is 10.8 Å². The minimum Gasteiger partial charge on any atom is -0.481 e. The molecule has 13 N–H and O–H groups in total. The van der Waals surface area contributed by atoms with Crippen LogP contribution in [0.2, 0.25) is 0 Å². The summed E-state index contributed by atoms with van der Waals surface area (Å²) < 4.78 is 0. The lowest BCUT2D eigenvalue weighted by Gasteiger charge is -2.28. The van der Waals surface area contributed by atoms with Crippen LogP contribution in [0.5, 0.6) is 0 Å². The lowest BCUT2D eigenvalue weighted by atomic mass is 10.0. The molecule has 9 atom stereocenters. The van der Waals surface area contributed by atoms with Crippen molar-refractivity contribution >= 4 is 59.2 Å². The van der Waals surface area contributed by atoms with Crippen molar-refractivity contribution in [3.63, 3.8) is 0 Å². The van der Waals surface area contributed by atoms with Gasteiger partial charge in [-0.05, 0) is 59.3 Å². The molecule has 23 heteroatoms. The number of nitrogens with two attached hydrogens (primary N) is 1. The van der Waals surface area contributed by atoms with Crippen molar-refractivity contribution in [1.29, 1.82) is 0 Å². The third kappa shape index (κ3) is 16.7. The smallest absolute Gasteiger partial charge is 0.325 e. The number of carboxylic acids is 2. The van der Waals surface area contributed by atoms with Gasteiger partial charge in [0, 0.05) is 13.0 Å². The molecule has 8 amide bonds. The first-order valence-corrected chi connectivity index (χ1v) is 18.4. The second-order valence-electron chi connectivity index (χ2n) is 14.2. The maximum Gasteiger partial charge on any atom is 0.325 e. The van der Waals surface area contributed by atoms with Crippen LogP contribution in [-0.4, -0.2) is 159 Å². The molecule has 1 saturated heterocycles. The topological polar surface area (TPSA) is 365 Å². The lowest BCUT2D eigenvalue weighted by Crippen LogP contribution is -2.60. The predicted molar refractivity (Wildman–Crippen MR) is 197 cm³/mol. The highest BCUT2D eigenvalue weighted by atomic mass is 16.4. The number of hydrogen-bond acceptors (Lipinski definition) is 13. The zero-order valence-corrected chi connectivity index (χ0v) is 32.8. The van der Waals surface area contributed by atoms with E-state index in [0.29, 0.717) is 6.42 Å². The van der Waals surface area contributed by atoms with Crippen LogP contribution in [0.4, 0.5) is 0 Å². The molecule has 1 fully saturated rings. The Bertz CT molecular complexity index is 1490. The molecule has 1 heterocycles. The summed E-state index contributed by atoms with van der Waals surface area (Å²) in [6.07, 6.45) is -1.77. The first-order valence-electron chi connectivity index (χ1n) is 18.4. The van der Waals surface area contributed by atoms with Gasteiger partial charge in [-0.2, -0.15) is 0 Å². The summed E-state index contributed by atoms with van der Waals surface area (Å²) in [4.78, 5) is 127. The lowest BCUT2D eigenvalue weighted by molar-refractivity contribution is -0.142. The summed E-state index contributed by atoms with van der Waals surface area (Å²) in [6, 6.07) is -10.6. The number of aliphatic hydroxyl groups is 2. The average Bonchev–Trinajstić information content (AvgIpc) is 3.62. The van der Waals surface area contributed by atoms with Crippen LogP contribution in [0.3, 0.4) is 0 Å². The second kappa shape index (κ2) is 23.6. The predicted octanol–water partition coefficient (Wildman–Crippen LogP) is -5.24. The zero-order valence-electron chi connectivity index (χ0n) is 32.8. The summed E-state index contributed by atoms with van der Waals surface area (Å²) in [5, 5.41) is 54.3. The van der Waals surface area contributed by atoms with Gasteiger partial charge in [-0.3, -0.25) is 47.9 Å². The zero-order chi connectivity index (χ0) is 43.7. The Hall–Kier alpha value is -5.42. The van der Waals surface area contributed by atoms with Crippen molar-refractivity contribution in [1.82, 2.24) is 42.1 Å². The third-order valence-corrected chi connectivity index (χ3v) is 8.68. The summed E-state index contributed by atoms with van der Waals surface area (Å²) >= 11 is 0. The molecule has 0 radical (unpaired) electrons. The first-order chi connectivity index (χ1) is 26.5. The number of carbonyl (C=O) groups excluding carboxylic acids is 8. The van der Waals surface area contributed by atoms with Gasteiger partial charge < -0.3 is 68.3 Å². The molecular weight excluding hydrogens is 758 g/mol. The maximum absolute atomic E-state index is 13.4. The molecule has 0 spiro atoms. The normalized spacial score (nSPS) is 17.9. The van der Waals surface area contributed by atoms with Crippen LogP contribution in [0.1, 0.15) is 73.6 Å². The largest absolute Gasteiger partial charge is 0.481 e. The molecule has 0 aromatic rings. The molecule has 0 bridgehead atoms. The highest BCUT2D eigenvalue weighted by Gasteiger charge is 2.37. The van der Waals surface area contributed by atoms with Gasteiger partial charge in [0.05, 0.1) is 25.3 Å². The molecule has 23 nitrogen and oxygen atoms in total. The Labute approximate surface area is 329 Å². The molecule has 0 aromatic carbocycles. The Kier molecular flexibility index (Phi) is 20.5. The number of nitrogens with zero attached hydrogens (tertiary/aromatic N) is 1. The molecule has 322 valence electrons. The number of amides is 8. The van der Waals surface area contributed by atoms with Crippen molar-refractivity contribution in [3.05, 3.63) is 0 Å². The third-order valence-electron chi connectivity index (χ3n) is 8.68. The van der Waals surface area contributed by atoms with Crippen LogP contribution in [0, 0.1) is 5.92 Å². The van der Waals surface area contributed by atoms with E-state index in [0.717, 1.165) is 4.90 Å². The van der Waals surface area contributed by atoms with Crippen LogP contribution in [0.15, 0.2) is 0 Å². The Morgan fingerprint density at radius 3 is 1.79 bits per heavy atom. The van der Waals surface area contributed by atoms with E-state index in [2.05, 4.69) is 37.2 Å². The van der Waals surface area contributed by atoms with Crippen LogP contribution < -0.4 is 43.0 Å². The molecular formula is C34H57N9O14. The standard InChI is InChI=1S/C34H57N9O14/c1-15(2)12-21(30(52)38-18(5)34(56)57)40-29(51)20(9-10-25(47)48)39-32(54)23-8-7-11-43(23)24(46)13-36-28(50)17(4)37-31(53)22(14-44)41-33(55)26(19(6)45)42-27(49)16(3)35/h15-23,26,44-45H,7-14,35H2,1-6H3,(H,36,50)(H,37,53)(H,38,52)(H,39,54)(H,40,51)(H,41,55)(H,42,49)(H,47,48)(H,56,57)/t16-,17-,18-,19+,20-,21-,22-,23-,26-/m0/s1. The molecule has 0 aromatic heterocycles. The summed E-state index contributed by atoms with van der Waals surface area (Å²) in [7, 11) is 0. The first kappa shape index (κ1) is 49.6. The van der Waals surface area contributed by atoms with Crippen molar-refractivity contribution in [2.24, 2.45) is 11.7 Å². The fourth-order valence-electron chi connectivity index (χ4n) is 5.44. The number of rotatable bonds is 23. The number of nitrogens with one attached hydrogen (secondary N) is 7. The van der Waals surface area contributed by atoms with Crippen molar-refractivity contribution in [2.45, 2.75) is 128 Å². The molecule has 0 unspecified atom stereocenters. The Morgan fingerprint density at radius 2 is 1.26 bits per heavy atom. The van der Waals surface area contributed by atoms with Gasteiger partial charge in [-0.1, -0.05) is 13.8 Å². The van der Waals surface area contributed by atoms with E-state index in [1.165, 1.54) is 27.7 Å². The van der Waals surface area contributed by atoms with Gasteiger partial charge in [0.15, 0.2) is 0 Å². The van der Waals surface area contributed by atoms with E-state index < -0.39 is 133 Å². The van der Waals surface area contributed by atoms with Crippen LogP contribution in [0.25, 0.3) is 0 Å². The number of carbonyl (C=O) groups is 10. The van der Waals surface area contributed by atoms with Gasteiger partial charge in [-0.25, -0.2) is 0 Å². The quantitative estimate of drug-likeness (QED) is 0.0459. The van der Waals surface area contributed by atoms with Crippen molar-refractivity contribution < 1.29 is 68.4 Å². The Balaban J connectivity index is 2.94. The van der Waals surface area contributed by atoms with Gasteiger partial charge in [0.1, 0.15) is 42.3 Å². The number of hydrogen-bond donors (Lipinski definition) is 12. The summed E-state index contributed by atoms with van der Waals surface area (Å²) in [5.41, 5.74) is 5.47. The number of likely N-dealkylation sites (tertiary alicyclic amines) is 1. The number of aliphatic carboxylic acids is 2. The highest BCUT2D eigenvalue weighted by molar-refractivity contribution is 5.97. The maximum atomic E-state index is 13.4. The minimum absolute atomic E-state index is 0.0828. The fraction of sp³-hybridized carbons (Fsp3) is 0.706. The van der Waals surface area contributed by atoms with Gasteiger partial charge in [0.25, 0.3) is 0 Å². The number of carboxylic acid groups (broad SMARTS) is 2. The highest BCUT2D eigenvalue weighted by Crippen LogP contribution is 2.18. The van der Waals surface area contributed by atoms with E-state index in [-0.39, 0.29) is 31.7 Å². The van der Waals surface area contributed by atoms with E-state index in [9.17, 15) is 63.3 Å². The average molecular weight is 816 g/mol. The van der Waals surface area contributed by atoms with E-state index in [1.807, 2.05) is 0 Å². The summed E-state index contributed by atoms with van der Waals surface area (Å²) in [6.45, 7) is 7.02. The number of aliphatic hydroxyl groups excluding tert-OH is 2. The van der Waals surface area contributed by atoms with Crippen LogP contribution >= 0.6 is 0 Å².